The molecule has 0 aliphatic heterocycles. The Labute approximate surface area is 120 Å². The van der Waals surface area contributed by atoms with Crippen molar-refractivity contribution in [2.45, 2.75) is 10.4 Å². The van der Waals surface area contributed by atoms with Crippen LogP contribution in [-0.4, -0.2) is 18.4 Å². The van der Waals surface area contributed by atoms with Gasteiger partial charge in [-0.05, 0) is 12.1 Å². The molecule has 5 nitrogen and oxygen atoms in total. The van der Waals surface area contributed by atoms with E-state index in [-0.39, 0.29) is 14.4 Å². The van der Waals surface area contributed by atoms with Crippen molar-refractivity contribution >= 4 is 38.8 Å². The lowest BCUT2D eigenvalue weighted by atomic mass is 10.4. The first kappa shape index (κ1) is 15.0. The first-order valence-electron chi connectivity index (χ1n) is 4.86. The van der Waals surface area contributed by atoms with Gasteiger partial charge in [0.25, 0.3) is 10.0 Å². The molecule has 0 unspecified atom stereocenters. The number of thiophene rings is 1. The monoisotopic (exact) mass is 343 g/mol. The van der Waals surface area contributed by atoms with Gasteiger partial charge in [0.1, 0.15) is 4.21 Å². The third-order valence-electron chi connectivity index (χ3n) is 1.99. The summed E-state index contributed by atoms with van der Waals surface area (Å²) in [6.45, 7) is 0. The fourth-order valence-corrected chi connectivity index (χ4v) is 3.63. The zero-order valence-electron chi connectivity index (χ0n) is 9.35. The van der Waals surface area contributed by atoms with E-state index >= 15 is 0 Å². The fourth-order valence-electron chi connectivity index (χ4n) is 1.16. The summed E-state index contributed by atoms with van der Waals surface area (Å²) in [7, 11) is -3.94. The van der Waals surface area contributed by atoms with Crippen molar-refractivity contribution in [1.29, 1.82) is 0 Å². The van der Waals surface area contributed by atoms with Gasteiger partial charge in [0, 0.05) is 0 Å². The zero-order chi connectivity index (χ0) is 15.0. The quantitative estimate of drug-likeness (QED) is 0.929. The van der Waals surface area contributed by atoms with Crippen molar-refractivity contribution in [3.05, 3.63) is 34.6 Å². The Morgan fingerprint density at radius 1 is 1.20 bits per heavy atom. The van der Waals surface area contributed by atoms with Crippen LogP contribution in [0.15, 0.2) is 28.7 Å². The molecular formula is C9H5ClF3N3O2S2. The van der Waals surface area contributed by atoms with Crippen molar-refractivity contribution in [3.8, 4) is 0 Å². The van der Waals surface area contributed by atoms with Crippen LogP contribution in [0.2, 0.25) is 4.34 Å². The molecule has 0 aliphatic carbocycles. The molecule has 20 heavy (non-hydrogen) atoms. The maximum Gasteiger partial charge on any atom is 0.434 e. The number of anilines is 1. The molecule has 11 heteroatoms. The van der Waals surface area contributed by atoms with E-state index in [1.54, 1.807) is 0 Å². The highest BCUT2D eigenvalue weighted by atomic mass is 35.5. The first-order valence-corrected chi connectivity index (χ1v) is 7.54. The number of hydrogen-bond acceptors (Lipinski definition) is 5. The summed E-state index contributed by atoms with van der Waals surface area (Å²) < 4.78 is 62.7. The molecule has 108 valence electrons. The molecule has 2 aromatic rings. The summed E-state index contributed by atoms with van der Waals surface area (Å²) in [6.07, 6.45) is -3.50. The summed E-state index contributed by atoms with van der Waals surface area (Å²) in [6, 6.07) is 2.66. The van der Waals surface area contributed by atoms with E-state index in [9.17, 15) is 21.6 Å². The molecule has 0 saturated heterocycles. The summed E-state index contributed by atoms with van der Waals surface area (Å²) in [5.74, 6) is -0.317. The summed E-state index contributed by atoms with van der Waals surface area (Å²) in [5.41, 5.74) is -1.21. The third kappa shape index (κ3) is 3.38. The standard InChI is InChI=1S/C9H5ClF3N3O2S2/c10-6-1-2-8(19-6)20(17,18)16-7-4-14-5(3-15-7)9(11,12)13/h1-4H,(H,15,16). The van der Waals surface area contributed by atoms with E-state index in [0.29, 0.717) is 12.4 Å². The smallest absolute Gasteiger partial charge is 0.261 e. The summed E-state index contributed by atoms with van der Waals surface area (Å²) in [5, 5.41) is 0. The minimum absolute atomic E-state index is 0.0794. The molecule has 2 aromatic heterocycles. The first-order chi connectivity index (χ1) is 9.18. The van der Waals surface area contributed by atoms with E-state index in [1.165, 1.54) is 12.1 Å². The van der Waals surface area contributed by atoms with Crippen LogP contribution in [0, 0.1) is 0 Å². The van der Waals surface area contributed by atoms with Gasteiger partial charge in [0.05, 0.1) is 16.7 Å². The van der Waals surface area contributed by atoms with Gasteiger partial charge in [-0.3, -0.25) is 4.72 Å². The lowest BCUT2D eigenvalue weighted by Gasteiger charge is -2.07. The molecule has 2 rings (SSSR count). The Balaban J connectivity index is 2.22. The number of rotatable bonds is 3. The van der Waals surface area contributed by atoms with Gasteiger partial charge in [0.2, 0.25) is 0 Å². The number of nitrogens with one attached hydrogen (secondary N) is 1. The number of alkyl halides is 3. The molecule has 0 aliphatic rings. The highest BCUT2D eigenvalue weighted by molar-refractivity contribution is 7.94. The summed E-state index contributed by atoms with van der Waals surface area (Å²) in [4.78, 5) is 6.46. The van der Waals surface area contributed by atoms with Crippen LogP contribution in [0.3, 0.4) is 0 Å². The van der Waals surface area contributed by atoms with Crippen molar-refractivity contribution in [3.63, 3.8) is 0 Å². The largest absolute Gasteiger partial charge is 0.434 e. The van der Waals surface area contributed by atoms with E-state index in [4.69, 9.17) is 11.6 Å². The average Bonchev–Trinajstić information content (AvgIpc) is 2.76. The molecule has 0 saturated carbocycles. The molecule has 2 heterocycles. The number of nitrogens with zero attached hydrogens (tertiary/aromatic N) is 2. The lowest BCUT2D eigenvalue weighted by molar-refractivity contribution is -0.141. The predicted molar refractivity (Wildman–Crippen MR) is 67.2 cm³/mol. The van der Waals surface area contributed by atoms with Crippen molar-refractivity contribution < 1.29 is 21.6 Å². The minimum Gasteiger partial charge on any atom is -0.261 e. The Bertz CT molecular complexity index is 713. The van der Waals surface area contributed by atoms with Crippen LogP contribution < -0.4 is 4.72 Å². The topological polar surface area (TPSA) is 72.0 Å². The van der Waals surface area contributed by atoms with Crippen LogP contribution >= 0.6 is 22.9 Å². The second-order valence-electron chi connectivity index (χ2n) is 3.45. The van der Waals surface area contributed by atoms with E-state index in [2.05, 4.69) is 9.97 Å². The van der Waals surface area contributed by atoms with Crippen molar-refractivity contribution in [1.82, 2.24) is 9.97 Å². The second kappa shape index (κ2) is 5.19. The van der Waals surface area contributed by atoms with Gasteiger partial charge in [-0.15, -0.1) is 11.3 Å². The van der Waals surface area contributed by atoms with Crippen LogP contribution in [0.1, 0.15) is 5.69 Å². The highest BCUT2D eigenvalue weighted by Gasteiger charge is 2.32. The number of sulfonamides is 1. The van der Waals surface area contributed by atoms with Crippen molar-refractivity contribution in [2.24, 2.45) is 0 Å². The minimum atomic E-state index is -4.63. The Hall–Kier alpha value is -1.39. The van der Waals surface area contributed by atoms with Gasteiger partial charge in [0.15, 0.2) is 11.5 Å². The van der Waals surface area contributed by atoms with Gasteiger partial charge in [-0.25, -0.2) is 18.4 Å². The predicted octanol–water partition coefficient (Wildman–Crippen LogP) is 3.01. The molecule has 0 atom stereocenters. The van der Waals surface area contributed by atoms with E-state index < -0.39 is 21.9 Å². The average molecular weight is 344 g/mol. The Morgan fingerprint density at radius 3 is 2.35 bits per heavy atom. The maximum absolute atomic E-state index is 12.3. The molecule has 0 bridgehead atoms. The third-order valence-corrected chi connectivity index (χ3v) is 5.07. The summed E-state index contributed by atoms with van der Waals surface area (Å²) >= 11 is 6.42. The molecule has 0 aromatic carbocycles. The number of aromatic nitrogens is 2. The molecule has 0 radical (unpaired) electrons. The molecular weight excluding hydrogens is 339 g/mol. The zero-order valence-corrected chi connectivity index (χ0v) is 11.7. The molecule has 0 spiro atoms. The van der Waals surface area contributed by atoms with E-state index in [0.717, 1.165) is 11.3 Å². The molecule has 0 fully saturated rings. The SMILES string of the molecule is O=S(=O)(Nc1cnc(C(F)(F)F)cn1)c1ccc(Cl)s1. The number of halogens is 4. The maximum atomic E-state index is 12.3. The Morgan fingerprint density at radius 2 is 1.90 bits per heavy atom. The van der Waals surface area contributed by atoms with Gasteiger partial charge in [-0.2, -0.15) is 13.2 Å². The van der Waals surface area contributed by atoms with Gasteiger partial charge < -0.3 is 0 Å². The fraction of sp³-hybridized carbons (Fsp3) is 0.111. The van der Waals surface area contributed by atoms with Crippen molar-refractivity contribution in [2.75, 3.05) is 4.72 Å². The highest BCUT2D eigenvalue weighted by Crippen LogP contribution is 2.28. The molecule has 1 N–H and O–H groups in total. The normalized spacial score (nSPS) is 12.4. The van der Waals surface area contributed by atoms with E-state index in [1.807, 2.05) is 4.72 Å². The van der Waals surface area contributed by atoms with Crippen LogP contribution in [0.4, 0.5) is 19.0 Å². The van der Waals surface area contributed by atoms with Crippen LogP contribution in [0.5, 0.6) is 0 Å². The molecule has 0 amide bonds. The van der Waals surface area contributed by atoms with Crippen LogP contribution in [0.25, 0.3) is 0 Å². The van der Waals surface area contributed by atoms with Crippen LogP contribution in [-0.2, 0) is 16.2 Å². The Kier molecular flexibility index (Phi) is 3.89. The number of hydrogen-bond donors (Lipinski definition) is 1. The second-order valence-corrected chi connectivity index (χ2v) is 7.07. The lowest BCUT2D eigenvalue weighted by Crippen LogP contribution is -2.14. The van der Waals surface area contributed by atoms with Gasteiger partial charge in [-0.1, -0.05) is 11.6 Å². The van der Waals surface area contributed by atoms with Gasteiger partial charge >= 0.3 is 6.18 Å².